The second kappa shape index (κ2) is 9.14. The Morgan fingerprint density at radius 3 is 2.65 bits per heavy atom. The summed E-state index contributed by atoms with van der Waals surface area (Å²) in [6, 6.07) is 1.97. The highest BCUT2D eigenvalue weighted by Crippen LogP contribution is 2.29. The lowest BCUT2D eigenvalue weighted by atomic mass is 10.1. The molecule has 4 aromatic rings. The second-order valence-electron chi connectivity index (χ2n) is 9.95. The number of anilines is 2. The van der Waals surface area contributed by atoms with Crippen LogP contribution in [-0.2, 0) is 6.54 Å². The summed E-state index contributed by atoms with van der Waals surface area (Å²) in [7, 11) is 0. The van der Waals surface area contributed by atoms with Crippen LogP contribution >= 0.6 is 0 Å². The van der Waals surface area contributed by atoms with Gasteiger partial charge in [0.05, 0.1) is 65.6 Å². The molecule has 0 aromatic carbocycles. The van der Waals surface area contributed by atoms with E-state index in [1.807, 2.05) is 11.0 Å². The molecular weight excluding hydrogens is 474 g/mol. The topological polar surface area (TPSA) is 176 Å². The number of imidazole rings is 1. The van der Waals surface area contributed by atoms with E-state index in [0.717, 1.165) is 5.56 Å². The molecule has 0 aliphatic carbocycles. The zero-order chi connectivity index (χ0) is 26.3. The molecule has 4 N–H and O–H groups in total. The number of nitriles is 1. The summed E-state index contributed by atoms with van der Waals surface area (Å²) in [5.41, 5.74) is 7.74. The molecule has 1 aliphatic rings. The van der Waals surface area contributed by atoms with Gasteiger partial charge in [0, 0.05) is 30.9 Å². The monoisotopic (exact) mass is 501 g/mol. The first kappa shape index (κ1) is 24.1. The van der Waals surface area contributed by atoms with Gasteiger partial charge in [0.15, 0.2) is 5.65 Å². The van der Waals surface area contributed by atoms with Crippen molar-refractivity contribution in [1.29, 1.82) is 5.26 Å². The summed E-state index contributed by atoms with van der Waals surface area (Å²) in [5, 5.41) is 31.2. The Balaban J connectivity index is 1.45. The van der Waals surface area contributed by atoms with E-state index in [4.69, 9.17) is 16.0 Å². The highest BCUT2D eigenvalue weighted by atomic mass is 16.3. The highest BCUT2D eigenvalue weighted by molar-refractivity contribution is 6.01. The number of amides is 1. The molecule has 190 valence electrons. The standard InChI is InChI=1S/C24H27N11O2/c1-14-9-33(23-27-5-15(4-25)6-28-23)11-18(14)31-20-17(21(26)36)8-30-35-12-19(32-22(20)35)16-7-29-34(10-16)13-24(2,3)37/h5-8,10,12,14,18,31,37H,9,11,13H2,1-3H3,(H2,26,36)/t14-,18+/m0/s1. The molecule has 0 saturated carbocycles. The van der Waals surface area contributed by atoms with E-state index in [2.05, 4.69) is 32.4 Å². The SMILES string of the molecule is C[C@H]1CN(c2ncc(C#N)cn2)C[C@H]1Nc1c(C(N)=O)cnn2cc(-c3cnn(CC(C)(C)O)c3)nc12. The zero-order valence-corrected chi connectivity index (χ0v) is 20.7. The molecule has 5 rings (SSSR count). The van der Waals surface area contributed by atoms with Crippen molar-refractivity contribution in [1.82, 2.24) is 34.3 Å². The third-order valence-electron chi connectivity index (χ3n) is 6.23. The van der Waals surface area contributed by atoms with E-state index in [1.165, 1.54) is 18.6 Å². The highest BCUT2D eigenvalue weighted by Gasteiger charge is 2.32. The predicted molar refractivity (Wildman–Crippen MR) is 135 cm³/mol. The molecular formula is C24H27N11O2. The third kappa shape index (κ3) is 4.91. The van der Waals surface area contributed by atoms with E-state index < -0.39 is 11.5 Å². The summed E-state index contributed by atoms with van der Waals surface area (Å²) in [6.45, 7) is 7.12. The normalized spacial score (nSPS) is 17.8. The average molecular weight is 502 g/mol. The number of carbonyl (C=O) groups is 1. The third-order valence-corrected chi connectivity index (χ3v) is 6.23. The lowest BCUT2D eigenvalue weighted by Gasteiger charge is -2.20. The van der Waals surface area contributed by atoms with Crippen molar-refractivity contribution in [2.24, 2.45) is 11.7 Å². The Morgan fingerprint density at radius 2 is 1.97 bits per heavy atom. The van der Waals surface area contributed by atoms with Gasteiger partial charge in [0.1, 0.15) is 6.07 Å². The van der Waals surface area contributed by atoms with E-state index in [1.54, 1.807) is 41.6 Å². The van der Waals surface area contributed by atoms with Crippen LogP contribution in [0.4, 0.5) is 11.6 Å². The Bertz CT molecular complexity index is 1490. The molecule has 0 unspecified atom stereocenters. The molecule has 2 atom stereocenters. The first-order valence-electron chi connectivity index (χ1n) is 11.8. The van der Waals surface area contributed by atoms with Gasteiger partial charge in [-0.25, -0.2) is 19.5 Å². The molecule has 4 aromatic heterocycles. The first-order valence-corrected chi connectivity index (χ1v) is 11.8. The number of aliphatic hydroxyl groups is 1. The van der Waals surface area contributed by atoms with Crippen LogP contribution in [0.5, 0.6) is 0 Å². The molecule has 0 bridgehead atoms. The maximum atomic E-state index is 12.3. The fourth-order valence-corrected chi connectivity index (χ4v) is 4.43. The van der Waals surface area contributed by atoms with E-state index in [-0.39, 0.29) is 17.5 Å². The molecule has 5 heterocycles. The number of hydrogen-bond acceptors (Lipinski definition) is 10. The number of carbonyl (C=O) groups excluding carboxylic acids is 1. The molecule has 1 fully saturated rings. The van der Waals surface area contributed by atoms with Gasteiger partial charge in [-0.05, 0) is 19.8 Å². The zero-order valence-electron chi connectivity index (χ0n) is 20.7. The number of nitrogens with zero attached hydrogens (tertiary/aromatic N) is 9. The van der Waals surface area contributed by atoms with Crippen molar-refractivity contribution in [3.8, 4) is 17.3 Å². The van der Waals surface area contributed by atoms with E-state index in [0.29, 0.717) is 48.2 Å². The number of primary amides is 1. The minimum absolute atomic E-state index is 0.0572. The van der Waals surface area contributed by atoms with Gasteiger partial charge in [0.2, 0.25) is 5.95 Å². The number of aromatic nitrogens is 7. The van der Waals surface area contributed by atoms with Gasteiger partial charge in [-0.3, -0.25) is 9.48 Å². The molecule has 0 spiro atoms. The van der Waals surface area contributed by atoms with Crippen molar-refractivity contribution >= 4 is 23.2 Å². The molecule has 1 saturated heterocycles. The summed E-state index contributed by atoms with van der Waals surface area (Å²) < 4.78 is 3.25. The number of rotatable bonds is 7. The smallest absolute Gasteiger partial charge is 0.252 e. The number of nitrogens with two attached hydrogens (primary N) is 1. The fourth-order valence-electron chi connectivity index (χ4n) is 4.43. The Kier molecular flexibility index (Phi) is 5.96. The average Bonchev–Trinajstić information content (AvgIpc) is 3.57. The van der Waals surface area contributed by atoms with Gasteiger partial charge < -0.3 is 21.1 Å². The van der Waals surface area contributed by atoms with Crippen LogP contribution in [0.2, 0.25) is 0 Å². The minimum Gasteiger partial charge on any atom is -0.389 e. The van der Waals surface area contributed by atoms with Crippen molar-refractivity contribution in [2.75, 3.05) is 23.3 Å². The molecule has 0 radical (unpaired) electrons. The van der Waals surface area contributed by atoms with Crippen molar-refractivity contribution in [2.45, 2.75) is 39.0 Å². The summed E-state index contributed by atoms with van der Waals surface area (Å²) in [6.07, 6.45) is 9.66. The Morgan fingerprint density at radius 1 is 1.22 bits per heavy atom. The quantitative estimate of drug-likeness (QED) is 0.332. The summed E-state index contributed by atoms with van der Waals surface area (Å²) in [4.78, 5) is 27.7. The Labute approximate surface area is 212 Å². The molecule has 13 nitrogen and oxygen atoms in total. The van der Waals surface area contributed by atoms with Crippen LogP contribution in [0.1, 0.15) is 36.7 Å². The Hall–Kier alpha value is -4.57. The maximum Gasteiger partial charge on any atom is 0.252 e. The van der Waals surface area contributed by atoms with E-state index >= 15 is 0 Å². The van der Waals surface area contributed by atoms with E-state index in [9.17, 15) is 9.90 Å². The van der Waals surface area contributed by atoms with Gasteiger partial charge >= 0.3 is 0 Å². The van der Waals surface area contributed by atoms with Crippen LogP contribution in [0.15, 0.2) is 37.2 Å². The predicted octanol–water partition coefficient (Wildman–Crippen LogP) is 1.06. The first-order chi connectivity index (χ1) is 17.6. The number of nitrogens with one attached hydrogen (secondary N) is 1. The van der Waals surface area contributed by atoms with Gasteiger partial charge in [0.25, 0.3) is 5.91 Å². The molecule has 1 amide bonds. The van der Waals surface area contributed by atoms with Gasteiger partial charge in [-0.1, -0.05) is 6.92 Å². The largest absolute Gasteiger partial charge is 0.389 e. The second-order valence-corrected chi connectivity index (χ2v) is 9.95. The fraction of sp³-hybridized carbons (Fsp3) is 0.375. The lowest BCUT2D eigenvalue weighted by Crippen LogP contribution is -2.30. The van der Waals surface area contributed by atoms with Crippen LogP contribution in [0, 0.1) is 17.2 Å². The minimum atomic E-state index is -0.911. The van der Waals surface area contributed by atoms with Crippen LogP contribution < -0.4 is 16.0 Å². The maximum absolute atomic E-state index is 12.3. The van der Waals surface area contributed by atoms with Crippen molar-refractivity contribution in [3.05, 3.63) is 48.3 Å². The summed E-state index contributed by atoms with van der Waals surface area (Å²) in [5.74, 6) is 0.108. The van der Waals surface area contributed by atoms with Crippen molar-refractivity contribution in [3.63, 3.8) is 0 Å². The number of hydrogen-bond donors (Lipinski definition) is 3. The molecule has 13 heteroatoms. The van der Waals surface area contributed by atoms with Gasteiger partial charge in [-0.2, -0.15) is 15.5 Å². The lowest BCUT2D eigenvalue weighted by molar-refractivity contribution is 0.0577. The van der Waals surface area contributed by atoms with Crippen molar-refractivity contribution < 1.29 is 9.90 Å². The number of fused-ring (bicyclic) bond motifs is 1. The van der Waals surface area contributed by atoms with Crippen LogP contribution in [0.3, 0.4) is 0 Å². The summed E-state index contributed by atoms with van der Waals surface area (Å²) >= 11 is 0. The molecule has 1 aliphatic heterocycles. The van der Waals surface area contributed by atoms with Gasteiger partial charge in [-0.15, -0.1) is 0 Å². The van der Waals surface area contributed by atoms with Crippen LogP contribution in [-0.4, -0.2) is 70.1 Å². The molecule has 37 heavy (non-hydrogen) atoms. The van der Waals surface area contributed by atoms with Crippen LogP contribution in [0.25, 0.3) is 16.9 Å².